The zero-order valence-electron chi connectivity index (χ0n) is 13.9. The lowest BCUT2D eigenvalue weighted by Crippen LogP contribution is -2.38. The third-order valence-electron chi connectivity index (χ3n) is 4.13. The maximum absolute atomic E-state index is 12.3. The monoisotopic (exact) mass is 358 g/mol. The van der Waals surface area contributed by atoms with Crippen LogP contribution in [-0.2, 0) is 16.0 Å². The smallest absolute Gasteiger partial charge is 0.229 e. The van der Waals surface area contributed by atoms with Crippen molar-refractivity contribution in [1.29, 1.82) is 0 Å². The highest BCUT2D eigenvalue weighted by Crippen LogP contribution is 2.25. The van der Waals surface area contributed by atoms with Crippen LogP contribution in [0.1, 0.15) is 12.0 Å². The summed E-state index contributed by atoms with van der Waals surface area (Å²) in [5.74, 6) is 0.582. The molecule has 1 N–H and O–H groups in total. The third kappa shape index (κ3) is 4.31. The van der Waals surface area contributed by atoms with Gasteiger partial charge < -0.3 is 15.0 Å². The van der Waals surface area contributed by atoms with Crippen molar-refractivity contribution in [2.24, 2.45) is 0 Å². The van der Waals surface area contributed by atoms with Crippen molar-refractivity contribution in [3.05, 3.63) is 59.1 Å². The van der Waals surface area contributed by atoms with Crippen molar-refractivity contribution in [3.63, 3.8) is 0 Å². The molecule has 1 aliphatic rings. The number of nitrogens with one attached hydrogen (secondary N) is 1. The Hall–Kier alpha value is -2.53. The SMILES string of the molecule is COc1cccc(N2CC(NC(=O)Cc3ccc(Cl)cc3)CC2=O)c1. The minimum Gasteiger partial charge on any atom is -0.497 e. The van der Waals surface area contributed by atoms with E-state index in [1.54, 1.807) is 24.1 Å². The quantitative estimate of drug-likeness (QED) is 0.894. The normalized spacial score (nSPS) is 16.8. The molecule has 6 heteroatoms. The molecule has 5 nitrogen and oxygen atoms in total. The van der Waals surface area contributed by atoms with Crippen molar-refractivity contribution >= 4 is 29.1 Å². The lowest BCUT2D eigenvalue weighted by Gasteiger charge is -2.18. The van der Waals surface area contributed by atoms with E-state index in [4.69, 9.17) is 16.3 Å². The summed E-state index contributed by atoms with van der Waals surface area (Å²) in [7, 11) is 1.59. The molecule has 2 aromatic rings. The number of benzene rings is 2. The fourth-order valence-corrected chi connectivity index (χ4v) is 3.02. The number of carbonyl (C=O) groups excluding carboxylic acids is 2. The van der Waals surface area contributed by atoms with Crippen LogP contribution in [0.25, 0.3) is 0 Å². The number of hydrogen-bond donors (Lipinski definition) is 1. The van der Waals surface area contributed by atoms with E-state index in [0.717, 1.165) is 11.3 Å². The number of methoxy groups -OCH3 is 1. The molecule has 0 spiro atoms. The molecule has 0 radical (unpaired) electrons. The van der Waals surface area contributed by atoms with Crippen molar-refractivity contribution in [2.45, 2.75) is 18.9 Å². The summed E-state index contributed by atoms with van der Waals surface area (Å²) in [5, 5.41) is 3.57. The minimum absolute atomic E-state index is 0.00922. The first-order valence-electron chi connectivity index (χ1n) is 8.03. The number of carbonyl (C=O) groups is 2. The first-order chi connectivity index (χ1) is 12.0. The Labute approximate surface area is 151 Å². The van der Waals surface area contributed by atoms with Crippen molar-refractivity contribution in [3.8, 4) is 5.75 Å². The van der Waals surface area contributed by atoms with Crippen LogP contribution in [-0.4, -0.2) is 31.5 Å². The fraction of sp³-hybridized carbons (Fsp3) is 0.263. The Balaban J connectivity index is 1.60. The molecule has 1 atom stereocenters. The molecular weight excluding hydrogens is 340 g/mol. The average molecular weight is 359 g/mol. The van der Waals surface area contributed by atoms with Crippen molar-refractivity contribution < 1.29 is 14.3 Å². The van der Waals surface area contributed by atoms with E-state index in [2.05, 4.69) is 5.32 Å². The maximum Gasteiger partial charge on any atom is 0.229 e. The molecule has 1 saturated heterocycles. The molecule has 3 rings (SSSR count). The summed E-state index contributed by atoms with van der Waals surface area (Å²) < 4.78 is 5.20. The summed E-state index contributed by atoms with van der Waals surface area (Å²) in [6.07, 6.45) is 0.560. The van der Waals surface area contributed by atoms with E-state index >= 15 is 0 Å². The van der Waals surface area contributed by atoms with Gasteiger partial charge in [0.1, 0.15) is 5.75 Å². The van der Waals surface area contributed by atoms with Gasteiger partial charge in [0.25, 0.3) is 0 Å². The van der Waals surface area contributed by atoms with Gasteiger partial charge in [-0.2, -0.15) is 0 Å². The van der Waals surface area contributed by atoms with E-state index < -0.39 is 0 Å². The Morgan fingerprint density at radius 1 is 1.28 bits per heavy atom. The molecule has 2 amide bonds. The number of halogens is 1. The topological polar surface area (TPSA) is 58.6 Å². The van der Waals surface area contributed by atoms with Crippen LogP contribution in [0, 0.1) is 0 Å². The molecule has 0 aromatic heterocycles. The average Bonchev–Trinajstić information content (AvgIpc) is 2.97. The van der Waals surface area contributed by atoms with E-state index in [-0.39, 0.29) is 24.3 Å². The Kier molecular flexibility index (Phi) is 5.24. The summed E-state index contributed by atoms with van der Waals surface area (Å²) in [5.41, 5.74) is 1.66. The lowest BCUT2D eigenvalue weighted by molar-refractivity contribution is -0.121. The van der Waals surface area contributed by atoms with E-state index in [1.165, 1.54) is 0 Å². The van der Waals surface area contributed by atoms with Gasteiger partial charge in [0.15, 0.2) is 0 Å². The standard InChI is InChI=1S/C19H19ClN2O3/c1-25-17-4-2-3-16(11-17)22-12-15(10-19(22)24)21-18(23)9-13-5-7-14(20)8-6-13/h2-8,11,15H,9-10,12H2,1H3,(H,21,23). The van der Waals surface area contributed by atoms with Crippen LogP contribution in [0.2, 0.25) is 5.02 Å². The second-order valence-corrected chi connectivity index (χ2v) is 6.41. The number of ether oxygens (including phenoxy) is 1. The van der Waals surface area contributed by atoms with E-state index in [9.17, 15) is 9.59 Å². The maximum atomic E-state index is 12.3. The summed E-state index contributed by atoms with van der Waals surface area (Å²) in [4.78, 5) is 26.2. The Morgan fingerprint density at radius 2 is 2.04 bits per heavy atom. The Bertz CT molecular complexity index is 776. The number of nitrogens with zero attached hydrogens (tertiary/aromatic N) is 1. The third-order valence-corrected chi connectivity index (χ3v) is 4.39. The zero-order valence-corrected chi connectivity index (χ0v) is 14.6. The van der Waals surface area contributed by atoms with Crippen LogP contribution in [0.4, 0.5) is 5.69 Å². The molecule has 1 fully saturated rings. The zero-order chi connectivity index (χ0) is 17.8. The molecule has 0 saturated carbocycles. The van der Waals surface area contributed by atoms with Gasteiger partial charge in [-0.3, -0.25) is 9.59 Å². The van der Waals surface area contributed by atoms with Crippen molar-refractivity contribution in [2.75, 3.05) is 18.6 Å². The highest BCUT2D eigenvalue weighted by molar-refractivity contribution is 6.30. The van der Waals surface area contributed by atoms with E-state index in [0.29, 0.717) is 23.7 Å². The van der Waals surface area contributed by atoms with Crippen molar-refractivity contribution in [1.82, 2.24) is 5.32 Å². The molecular formula is C19H19ClN2O3. The fourth-order valence-electron chi connectivity index (χ4n) is 2.90. The highest BCUT2D eigenvalue weighted by Gasteiger charge is 2.31. The van der Waals surface area contributed by atoms with Crippen LogP contribution in [0.3, 0.4) is 0 Å². The van der Waals surface area contributed by atoms with Crippen LogP contribution < -0.4 is 15.0 Å². The van der Waals surface area contributed by atoms with Crippen LogP contribution >= 0.6 is 11.6 Å². The minimum atomic E-state index is -0.196. The second kappa shape index (κ2) is 7.57. The molecule has 0 aliphatic carbocycles. The molecule has 1 heterocycles. The summed E-state index contributed by atoms with van der Waals surface area (Å²) in [6.45, 7) is 0.457. The second-order valence-electron chi connectivity index (χ2n) is 5.98. The molecule has 1 unspecified atom stereocenters. The van der Waals surface area contributed by atoms with Crippen LogP contribution in [0.5, 0.6) is 5.75 Å². The number of anilines is 1. The molecule has 130 valence electrons. The first kappa shape index (κ1) is 17.3. The van der Waals surface area contributed by atoms with Gasteiger partial charge in [0, 0.05) is 29.7 Å². The van der Waals surface area contributed by atoms with Crippen LogP contribution in [0.15, 0.2) is 48.5 Å². The highest BCUT2D eigenvalue weighted by atomic mass is 35.5. The number of rotatable bonds is 5. The van der Waals surface area contributed by atoms with Gasteiger partial charge in [-0.15, -0.1) is 0 Å². The first-order valence-corrected chi connectivity index (χ1v) is 8.41. The predicted molar refractivity (Wildman–Crippen MR) is 97.1 cm³/mol. The molecule has 1 aliphatic heterocycles. The van der Waals surface area contributed by atoms with Gasteiger partial charge in [-0.05, 0) is 29.8 Å². The Morgan fingerprint density at radius 3 is 2.76 bits per heavy atom. The van der Waals surface area contributed by atoms with Gasteiger partial charge in [0.2, 0.25) is 11.8 Å². The number of amides is 2. The number of hydrogen-bond acceptors (Lipinski definition) is 3. The largest absolute Gasteiger partial charge is 0.497 e. The summed E-state index contributed by atoms with van der Waals surface area (Å²) in [6, 6.07) is 14.3. The lowest BCUT2D eigenvalue weighted by atomic mass is 10.1. The summed E-state index contributed by atoms with van der Waals surface area (Å²) >= 11 is 5.85. The molecule has 2 aromatic carbocycles. The van der Waals surface area contributed by atoms with E-state index in [1.807, 2.05) is 36.4 Å². The molecule has 0 bridgehead atoms. The predicted octanol–water partition coefficient (Wildman–Crippen LogP) is 2.81. The van der Waals surface area contributed by atoms with Gasteiger partial charge in [0.05, 0.1) is 19.6 Å². The molecule has 25 heavy (non-hydrogen) atoms. The van der Waals surface area contributed by atoms with Gasteiger partial charge in [-0.1, -0.05) is 29.8 Å². The van der Waals surface area contributed by atoms with Gasteiger partial charge >= 0.3 is 0 Å². The van der Waals surface area contributed by atoms with Gasteiger partial charge in [-0.25, -0.2) is 0 Å².